The molecule has 0 saturated carbocycles. The van der Waals surface area contributed by atoms with Gasteiger partial charge in [-0.05, 0) is 29.8 Å². The van der Waals surface area contributed by atoms with Crippen molar-refractivity contribution in [2.45, 2.75) is 0 Å². The van der Waals surface area contributed by atoms with Gasteiger partial charge >= 0.3 is 5.97 Å². The summed E-state index contributed by atoms with van der Waals surface area (Å²) < 4.78 is 12.6. The van der Waals surface area contributed by atoms with Crippen LogP contribution in [-0.4, -0.2) is 11.1 Å². The summed E-state index contributed by atoms with van der Waals surface area (Å²) in [6, 6.07) is 3.75. The SMILES string of the molecule is O=C(O)/C=C/c1cc(F)ccc1Cl. The average molecular weight is 201 g/mol. The van der Waals surface area contributed by atoms with Crippen LogP contribution in [0.15, 0.2) is 24.3 Å². The first kappa shape index (κ1) is 9.74. The Balaban J connectivity index is 3.00. The fourth-order valence-corrected chi connectivity index (χ4v) is 0.984. The van der Waals surface area contributed by atoms with Gasteiger partial charge in [-0.1, -0.05) is 11.6 Å². The molecule has 13 heavy (non-hydrogen) atoms. The molecule has 0 spiro atoms. The Morgan fingerprint density at radius 1 is 1.54 bits per heavy atom. The molecule has 0 aliphatic carbocycles. The highest BCUT2D eigenvalue weighted by Crippen LogP contribution is 2.18. The summed E-state index contributed by atoms with van der Waals surface area (Å²) in [5.41, 5.74) is 0.351. The lowest BCUT2D eigenvalue weighted by Crippen LogP contribution is -1.86. The monoisotopic (exact) mass is 200 g/mol. The number of hydrogen-bond acceptors (Lipinski definition) is 1. The smallest absolute Gasteiger partial charge is 0.328 e. The molecule has 0 aliphatic rings. The molecular formula is C9H6ClFO2. The van der Waals surface area contributed by atoms with Crippen LogP contribution in [-0.2, 0) is 4.79 Å². The number of benzene rings is 1. The largest absolute Gasteiger partial charge is 0.478 e. The maximum Gasteiger partial charge on any atom is 0.328 e. The van der Waals surface area contributed by atoms with Crippen LogP contribution in [0.3, 0.4) is 0 Å². The molecular weight excluding hydrogens is 195 g/mol. The first-order chi connectivity index (χ1) is 6.09. The van der Waals surface area contributed by atoms with Crippen LogP contribution in [0.2, 0.25) is 5.02 Å². The van der Waals surface area contributed by atoms with Crippen molar-refractivity contribution in [2.75, 3.05) is 0 Å². The summed E-state index contributed by atoms with van der Waals surface area (Å²) >= 11 is 5.67. The number of halogens is 2. The summed E-state index contributed by atoms with van der Waals surface area (Å²) in [5, 5.41) is 8.63. The summed E-state index contributed by atoms with van der Waals surface area (Å²) in [4.78, 5) is 10.1. The maximum absolute atomic E-state index is 12.6. The molecule has 68 valence electrons. The third-order valence-electron chi connectivity index (χ3n) is 1.36. The molecule has 0 amide bonds. The average Bonchev–Trinajstić information content (AvgIpc) is 2.06. The second kappa shape index (κ2) is 4.05. The van der Waals surface area contributed by atoms with E-state index in [0.29, 0.717) is 10.6 Å². The number of hydrogen-bond donors (Lipinski definition) is 1. The molecule has 1 rings (SSSR count). The van der Waals surface area contributed by atoms with Gasteiger partial charge in [0.15, 0.2) is 0 Å². The molecule has 1 aromatic rings. The minimum absolute atomic E-state index is 0.318. The minimum atomic E-state index is -1.10. The summed E-state index contributed by atoms with van der Waals surface area (Å²) in [5.74, 6) is -1.55. The van der Waals surface area contributed by atoms with E-state index < -0.39 is 11.8 Å². The highest BCUT2D eigenvalue weighted by Gasteiger charge is 1.98. The van der Waals surface area contributed by atoms with Crippen LogP contribution in [0.1, 0.15) is 5.56 Å². The molecule has 0 bridgehead atoms. The topological polar surface area (TPSA) is 37.3 Å². The minimum Gasteiger partial charge on any atom is -0.478 e. The maximum atomic E-state index is 12.6. The molecule has 0 atom stereocenters. The molecule has 0 radical (unpaired) electrons. The number of carboxylic acid groups (broad SMARTS) is 1. The molecule has 0 aliphatic heterocycles. The highest BCUT2D eigenvalue weighted by atomic mass is 35.5. The first-order valence-electron chi connectivity index (χ1n) is 3.45. The number of carboxylic acids is 1. The van der Waals surface area contributed by atoms with E-state index in [-0.39, 0.29) is 0 Å². The van der Waals surface area contributed by atoms with Gasteiger partial charge in [-0.2, -0.15) is 0 Å². The standard InChI is InChI=1S/C9H6ClFO2/c10-8-3-2-7(11)5-6(8)1-4-9(12)13/h1-5H,(H,12,13)/b4-1+. The van der Waals surface area contributed by atoms with Crippen molar-refractivity contribution in [1.29, 1.82) is 0 Å². The summed E-state index contributed by atoms with van der Waals surface area (Å²) in [7, 11) is 0. The van der Waals surface area contributed by atoms with Gasteiger partial charge < -0.3 is 5.11 Å². The highest BCUT2D eigenvalue weighted by molar-refractivity contribution is 6.32. The van der Waals surface area contributed by atoms with Crippen LogP contribution >= 0.6 is 11.6 Å². The normalized spacial score (nSPS) is 10.6. The van der Waals surface area contributed by atoms with E-state index in [1.807, 2.05) is 0 Å². The fourth-order valence-electron chi connectivity index (χ4n) is 0.803. The molecule has 1 aromatic carbocycles. The Labute approximate surface area is 79.3 Å². The van der Waals surface area contributed by atoms with Gasteiger partial charge in [0.05, 0.1) is 0 Å². The third kappa shape index (κ3) is 2.87. The second-order valence-electron chi connectivity index (χ2n) is 2.34. The zero-order chi connectivity index (χ0) is 9.84. The Bertz CT molecular complexity index is 361. The van der Waals surface area contributed by atoms with Gasteiger partial charge in [-0.25, -0.2) is 9.18 Å². The van der Waals surface area contributed by atoms with Crippen LogP contribution in [0, 0.1) is 5.82 Å². The van der Waals surface area contributed by atoms with E-state index in [2.05, 4.69) is 0 Å². The van der Waals surface area contributed by atoms with Gasteiger partial charge in [-0.3, -0.25) is 0 Å². The van der Waals surface area contributed by atoms with Gasteiger partial charge in [-0.15, -0.1) is 0 Å². The molecule has 0 aromatic heterocycles. The van der Waals surface area contributed by atoms with Crippen LogP contribution in [0.5, 0.6) is 0 Å². The van der Waals surface area contributed by atoms with E-state index in [0.717, 1.165) is 6.08 Å². The zero-order valence-corrected chi connectivity index (χ0v) is 7.25. The van der Waals surface area contributed by atoms with E-state index in [4.69, 9.17) is 16.7 Å². The molecule has 0 saturated heterocycles. The van der Waals surface area contributed by atoms with Crippen molar-refractivity contribution in [2.24, 2.45) is 0 Å². The van der Waals surface area contributed by atoms with E-state index in [1.54, 1.807) is 0 Å². The van der Waals surface area contributed by atoms with Crippen LogP contribution in [0.25, 0.3) is 6.08 Å². The van der Waals surface area contributed by atoms with Crippen molar-refractivity contribution >= 4 is 23.6 Å². The lowest BCUT2D eigenvalue weighted by molar-refractivity contribution is -0.131. The van der Waals surface area contributed by atoms with Crippen LogP contribution in [0.4, 0.5) is 4.39 Å². The Morgan fingerprint density at radius 3 is 2.85 bits per heavy atom. The predicted molar refractivity (Wildman–Crippen MR) is 48.1 cm³/mol. The quantitative estimate of drug-likeness (QED) is 0.745. The van der Waals surface area contributed by atoms with E-state index >= 15 is 0 Å². The lowest BCUT2D eigenvalue weighted by atomic mass is 10.2. The molecule has 0 fully saturated rings. The van der Waals surface area contributed by atoms with Gasteiger partial charge in [0, 0.05) is 11.1 Å². The first-order valence-corrected chi connectivity index (χ1v) is 3.83. The fraction of sp³-hybridized carbons (Fsp3) is 0. The second-order valence-corrected chi connectivity index (χ2v) is 2.74. The van der Waals surface area contributed by atoms with Gasteiger partial charge in [0.1, 0.15) is 5.82 Å². The number of rotatable bonds is 2. The molecule has 0 heterocycles. The van der Waals surface area contributed by atoms with Crippen molar-refractivity contribution < 1.29 is 14.3 Å². The van der Waals surface area contributed by atoms with E-state index in [9.17, 15) is 9.18 Å². The van der Waals surface area contributed by atoms with Gasteiger partial charge in [0.25, 0.3) is 0 Å². The van der Waals surface area contributed by atoms with Crippen LogP contribution < -0.4 is 0 Å². The molecule has 0 unspecified atom stereocenters. The number of aliphatic carboxylic acids is 1. The summed E-state index contributed by atoms with van der Waals surface area (Å²) in [6.45, 7) is 0. The van der Waals surface area contributed by atoms with Gasteiger partial charge in [0.2, 0.25) is 0 Å². The molecule has 1 N–H and O–H groups in total. The zero-order valence-electron chi connectivity index (χ0n) is 6.50. The third-order valence-corrected chi connectivity index (χ3v) is 1.71. The van der Waals surface area contributed by atoms with Crippen molar-refractivity contribution in [3.63, 3.8) is 0 Å². The van der Waals surface area contributed by atoms with E-state index in [1.165, 1.54) is 24.3 Å². The Morgan fingerprint density at radius 2 is 2.23 bits per heavy atom. The summed E-state index contributed by atoms with van der Waals surface area (Å²) in [6.07, 6.45) is 2.15. The Kier molecular flexibility index (Phi) is 3.03. The molecule has 4 heteroatoms. The van der Waals surface area contributed by atoms with Crippen molar-refractivity contribution in [3.05, 3.63) is 40.7 Å². The number of carbonyl (C=O) groups is 1. The predicted octanol–water partition coefficient (Wildman–Crippen LogP) is 2.58. The van der Waals surface area contributed by atoms with Crippen molar-refractivity contribution in [1.82, 2.24) is 0 Å². The van der Waals surface area contributed by atoms with Crippen molar-refractivity contribution in [3.8, 4) is 0 Å². The lowest BCUT2D eigenvalue weighted by Gasteiger charge is -1.96. The molecule has 2 nitrogen and oxygen atoms in total. The Hall–Kier alpha value is -1.35.